The molecule has 0 bridgehead atoms. The summed E-state index contributed by atoms with van der Waals surface area (Å²) in [5.41, 5.74) is -2.09. The van der Waals surface area contributed by atoms with Crippen molar-refractivity contribution in [1.29, 1.82) is 5.26 Å². The Labute approximate surface area is 88.1 Å². The maximum absolute atomic E-state index is 12.5. The Balaban J connectivity index is 3.60. The van der Waals surface area contributed by atoms with Gasteiger partial charge in [-0.15, -0.1) is 3.89 Å². The predicted octanol–water partition coefficient (Wildman–Crippen LogP) is 2.24. The van der Waals surface area contributed by atoms with Crippen LogP contribution in [0.4, 0.5) is 17.1 Å². The second kappa shape index (κ2) is 3.75. The molecule has 1 aromatic rings. The first kappa shape index (κ1) is 12.4. The van der Waals surface area contributed by atoms with Crippen molar-refractivity contribution in [3.63, 3.8) is 0 Å². The third-order valence-electron chi connectivity index (χ3n) is 1.68. The third kappa shape index (κ3) is 2.49. The van der Waals surface area contributed by atoms with E-state index in [0.717, 1.165) is 6.07 Å². The van der Waals surface area contributed by atoms with E-state index in [1.807, 2.05) is 0 Å². The van der Waals surface area contributed by atoms with Gasteiger partial charge in [0, 0.05) is 0 Å². The molecule has 86 valence electrons. The quantitative estimate of drug-likeness (QED) is 0.569. The van der Waals surface area contributed by atoms with E-state index in [-0.39, 0.29) is 6.07 Å². The van der Waals surface area contributed by atoms with Crippen molar-refractivity contribution in [2.45, 2.75) is 11.1 Å². The van der Waals surface area contributed by atoms with Crippen LogP contribution in [0.15, 0.2) is 23.1 Å². The molecule has 0 aliphatic rings. The molecular weight excluding hydrogens is 250 g/mol. The number of rotatable bonds is 1. The lowest BCUT2D eigenvalue weighted by Crippen LogP contribution is -2.11. The van der Waals surface area contributed by atoms with Crippen molar-refractivity contribution in [3.8, 4) is 6.07 Å². The Hall–Kier alpha value is -1.62. The van der Waals surface area contributed by atoms with Crippen LogP contribution in [0.5, 0.6) is 0 Å². The van der Waals surface area contributed by atoms with E-state index in [2.05, 4.69) is 0 Å². The van der Waals surface area contributed by atoms with Crippen molar-refractivity contribution < 1.29 is 25.5 Å². The molecule has 0 saturated carbocycles. The molecule has 0 fully saturated rings. The summed E-state index contributed by atoms with van der Waals surface area (Å²) in [5.74, 6) is 0. The molecule has 0 heterocycles. The largest absolute Gasteiger partial charge is 0.417 e. The fourth-order valence-electron chi connectivity index (χ4n) is 1.03. The van der Waals surface area contributed by atoms with Crippen molar-refractivity contribution in [3.05, 3.63) is 29.3 Å². The summed E-state index contributed by atoms with van der Waals surface area (Å²) in [6, 6.07) is 2.89. The minimum atomic E-state index is -5.47. The molecule has 16 heavy (non-hydrogen) atoms. The molecule has 0 unspecified atom stereocenters. The van der Waals surface area contributed by atoms with Crippen LogP contribution in [0.1, 0.15) is 11.1 Å². The molecule has 3 nitrogen and oxygen atoms in total. The summed E-state index contributed by atoms with van der Waals surface area (Å²) in [7, 11) is -5.47. The number of alkyl halides is 3. The van der Waals surface area contributed by atoms with Gasteiger partial charge in [0.25, 0.3) is 0 Å². The average Bonchev–Trinajstić information content (AvgIpc) is 2.14. The fourth-order valence-corrected chi connectivity index (χ4v) is 1.70. The van der Waals surface area contributed by atoms with E-state index >= 15 is 0 Å². The molecule has 0 saturated heterocycles. The SMILES string of the molecule is N#Cc1ccc(S(=O)(=O)F)c(C(F)(F)F)c1. The van der Waals surface area contributed by atoms with Gasteiger partial charge in [-0.2, -0.15) is 26.9 Å². The Morgan fingerprint density at radius 1 is 1.25 bits per heavy atom. The van der Waals surface area contributed by atoms with Crippen LogP contribution in [0.2, 0.25) is 0 Å². The molecule has 0 atom stereocenters. The molecule has 0 radical (unpaired) electrons. The van der Waals surface area contributed by atoms with E-state index in [1.165, 1.54) is 6.07 Å². The first-order valence-electron chi connectivity index (χ1n) is 3.72. The molecule has 1 aromatic carbocycles. The van der Waals surface area contributed by atoms with Crippen LogP contribution in [0, 0.1) is 11.3 Å². The summed E-state index contributed by atoms with van der Waals surface area (Å²) < 4.78 is 70.5. The van der Waals surface area contributed by atoms with Gasteiger partial charge in [0.05, 0.1) is 17.2 Å². The smallest absolute Gasteiger partial charge is 0.192 e. The Bertz CT molecular complexity index is 556. The van der Waals surface area contributed by atoms with Crippen LogP contribution < -0.4 is 0 Å². The second-order valence-electron chi connectivity index (χ2n) is 2.76. The van der Waals surface area contributed by atoms with E-state index in [9.17, 15) is 25.5 Å². The van der Waals surface area contributed by atoms with Gasteiger partial charge >= 0.3 is 16.4 Å². The number of hydrogen-bond acceptors (Lipinski definition) is 3. The van der Waals surface area contributed by atoms with Gasteiger partial charge in [0.15, 0.2) is 0 Å². The standard InChI is InChI=1S/C8H3F4NO2S/c9-8(10,11)6-3-5(4-13)1-2-7(6)16(12,14)15/h1-3H. The zero-order valence-corrected chi connectivity index (χ0v) is 8.23. The van der Waals surface area contributed by atoms with Gasteiger partial charge in [-0.05, 0) is 18.2 Å². The highest BCUT2D eigenvalue weighted by Crippen LogP contribution is 2.35. The molecule has 0 aromatic heterocycles. The van der Waals surface area contributed by atoms with Crippen LogP contribution >= 0.6 is 0 Å². The molecule has 0 aliphatic heterocycles. The van der Waals surface area contributed by atoms with Crippen LogP contribution in [-0.2, 0) is 16.4 Å². The number of hydrogen-bond donors (Lipinski definition) is 0. The molecule has 1 rings (SSSR count). The number of nitriles is 1. The maximum Gasteiger partial charge on any atom is 0.417 e. The molecule has 0 aliphatic carbocycles. The first-order chi connectivity index (χ1) is 7.16. The van der Waals surface area contributed by atoms with Crippen molar-refractivity contribution in [1.82, 2.24) is 0 Å². The van der Waals surface area contributed by atoms with Crippen LogP contribution in [0.3, 0.4) is 0 Å². The lowest BCUT2D eigenvalue weighted by molar-refractivity contribution is -0.139. The molecule has 0 amide bonds. The van der Waals surface area contributed by atoms with Crippen molar-refractivity contribution >= 4 is 10.2 Å². The van der Waals surface area contributed by atoms with Crippen molar-refractivity contribution in [2.24, 2.45) is 0 Å². The minimum absolute atomic E-state index is 0.284. The van der Waals surface area contributed by atoms with Crippen LogP contribution in [0.25, 0.3) is 0 Å². The topological polar surface area (TPSA) is 57.9 Å². The summed E-state index contributed by atoms with van der Waals surface area (Å²) in [4.78, 5) is -1.49. The molecule has 0 N–H and O–H groups in total. The molecular formula is C8H3F4NO2S. The second-order valence-corrected chi connectivity index (χ2v) is 4.07. The highest BCUT2D eigenvalue weighted by molar-refractivity contribution is 7.86. The first-order valence-corrected chi connectivity index (χ1v) is 5.10. The summed E-state index contributed by atoms with van der Waals surface area (Å²) >= 11 is 0. The normalized spacial score (nSPS) is 12.2. The highest BCUT2D eigenvalue weighted by atomic mass is 32.3. The van der Waals surface area contributed by atoms with E-state index in [1.54, 1.807) is 0 Å². The maximum atomic E-state index is 12.5. The number of halogens is 4. The van der Waals surface area contributed by atoms with Gasteiger partial charge in [0.2, 0.25) is 0 Å². The lowest BCUT2D eigenvalue weighted by atomic mass is 10.1. The predicted molar refractivity (Wildman–Crippen MR) is 44.5 cm³/mol. The van der Waals surface area contributed by atoms with Gasteiger partial charge < -0.3 is 0 Å². The summed E-state index contributed by atoms with van der Waals surface area (Å²) in [6.07, 6.45) is -5.04. The zero-order chi connectivity index (χ0) is 12.6. The number of nitrogens with zero attached hydrogens (tertiary/aromatic N) is 1. The van der Waals surface area contributed by atoms with E-state index < -0.39 is 32.4 Å². The average molecular weight is 253 g/mol. The van der Waals surface area contributed by atoms with Gasteiger partial charge in [-0.1, -0.05) is 0 Å². The fraction of sp³-hybridized carbons (Fsp3) is 0.125. The third-order valence-corrected chi connectivity index (χ3v) is 2.56. The van der Waals surface area contributed by atoms with Gasteiger partial charge in [0.1, 0.15) is 4.90 Å². The Morgan fingerprint density at radius 2 is 1.81 bits per heavy atom. The molecule has 0 spiro atoms. The molecule has 8 heteroatoms. The monoisotopic (exact) mass is 253 g/mol. The number of benzene rings is 1. The van der Waals surface area contributed by atoms with E-state index in [0.29, 0.717) is 6.07 Å². The Morgan fingerprint density at radius 3 is 2.19 bits per heavy atom. The highest BCUT2D eigenvalue weighted by Gasteiger charge is 2.37. The van der Waals surface area contributed by atoms with E-state index in [4.69, 9.17) is 5.26 Å². The summed E-state index contributed by atoms with van der Waals surface area (Å²) in [6.45, 7) is 0. The Kier molecular flexibility index (Phi) is 2.92. The summed E-state index contributed by atoms with van der Waals surface area (Å²) in [5, 5.41) is 8.36. The minimum Gasteiger partial charge on any atom is -0.192 e. The van der Waals surface area contributed by atoms with Crippen molar-refractivity contribution in [2.75, 3.05) is 0 Å². The lowest BCUT2D eigenvalue weighted by Gasteiger charge is -2.09. The zero-order valence-electron chi connectivity index (χ0n) is 7.42. The van der Waals surface area contributed by atoms with Crippen LogP contribution in [-0.4, -0.2) is 8.42 Å². The van der Waals surface area contributed by atoms with Gasteiger partial charge in [-0.3, -0.25) is 0 Å². The van der Waals surface area contributed by atoms with Gasteiger partial charge in [-0.25, -0.2) is 0 Å².